The molecule has 2 N–H and O–H groups in total. The number of aromatic amines is 1. The number of ether oxygens (including phenoxy) is 1. The molecule has 0 aliphatic carbocycles. The van der Waals surface area contributed by atoms with Crippen molar-refractivity contribution in [1.82, 2.24) is 20.2 Å². The summed E-state index contributed by atoms with van der Waals surface area (Å²) in [6, 6.07) is 7.52. The van der Waals surface area contributed by atoms with Gasteiger partial charge in [0.2, 0.25) is 0 Å². The van der Waals surface area contributed by atoms with E-state index in [0.29, 0.717) is 30.0 Å². The van der Waals surface area contributed by atoms with Gasteiger partial charge in [0.1, 0.15) is 12.4 Å². The molecule has 0 radical (unpaired) electrons. The third-order valence-electron chi connectivity index (χ3n) is 4.68. The molecule has 0 fully saturated rings. The third-order valence-corrected chi connectivity index (χ3v) is 4.68. The number of nitrogens with one attached hydrogen (secondary N) is 2. The highest BCUT2D eigenvalue weighted by Gasteiger charge is 2.25. The van der Waals surface area contributed by atoms with Crippen LogP contribution in [0.3, 0.4) is 0 Å². The minimum Gasteiger partial charge on any atom is -0.465 e. The number of H-pyrrole nitrogens is 1. The van der Waals surface area contributed by atoms with Gasteiger partial charge in [-0.3, -0.25) is 9.59 Å². The zero-order chi connectivity index (χ0) is 20.1. The number of urea groups is 1. The molecule has 3 rings (SSSR count). The molecule has 2 aromatic rings. The highest BCUT2D eigenvalue weighted by molar-refractivity contribution is 5.81. The van der Waals surface area contributed by atoms with Crippen molar-refractivity contribution in [1.29, 1.82) is 0 Å². The summed E-state index contributed by atoms with van der Waals surface area (Å²) in [5, 5.41) is 2.52. The molecule has 1 aromatic carbocycles. The van der Waals surface area contributed by atoms with Crippen molar-refractivity contribution in [3.05, 3.63) is 51.4 Å². The summed E-state index contributed by atoms with van der Waals surface area (Å²) in [6.45, 7) is 4.43. The maximum absolute atomic E-state index is 12.6. The van der Waals surface area contributed by atoms with Crippen molar-refractivity contribution in [3.63, 3.8) is 0 Å². The average Bonchev–Trinajstić information content (AvgIpc) is 2.72. The molecule has 28 heavy (non-hydrogen) atoms. The van der Waals surface area contributed by atoms with Gasteiger partial charge in [-0.15, -0.1) is 0 Å². The summed E-state index contributed by atoms with van der Waals surface area (Å²) in [4.78, 5) is 45.1. The van der Waals surface area contributed by atoms with Crippen molar-refractivity contribution >= 4 is 12.0 Å². The first-order chi connectivity index (χ1) is 13.5. The molecule has 2 heterocycles. The van der Waals surface area contributed by atoms with Crippen LogP contribution in [0.5, 0.6) is 0 Å². The molecule has 1 aromatic heterocycles. The third kappa shape index (κ3) is 4.39. The number of carbonyl (C=O) groups excluding carboxylic acids is 2. The van der Waals surface area contributed by atoms with Crippen LogP contribution in [0.1, 0.15) is 30.7 Å². The number of aryl methyl sites for hydroxylation is 1. The van der Waals surface area contributed by atoms with Crippen LogP contribution in [0, 0.1) is 0 Å². The van der Waals surface area contributed by atoms with Gasteiger partial charge in [0, 0.05) is 18.5 Å². The van der Waals surface area contributed by atoms with E-state index in [1.54, 1.807) is 6.92 Å². The molecule has 0 saturated heterocycles. The van der Waals surface area contributed by atoms with Crippen LogP contribution in [0.25, 0.3) is 11.4 Å². The van der Waals surface area contributed by atoms with Gasteiger partial charge in [0.05, 0.1) is 24.4 Å². The second-order valence-electron chi connectivity index (χ2n) is 6.53. The highest BCUT2D eigenvalue weighted by Crippen LogP contribution is 2.19. The van der Waals surface area contributed by atoms with Gasteiger partial charge in [-0.1, -0.05) is 31.2 Å². The van der Waals surface area contributed by atoms with Crippen LogP contribution in [0.2, 0.25) is 0 Å². The fourth-order valence-electron chi connectivity index (χ4n) is 3.11. The van der Waals surface area contributed by atoms with E-state index in [4.69, 9.17) is 4.74 Å². The Morgan fingerprint density at radius 3 is 2.68 bits per heavy atom. The lowest BCUT2D eigenvalue weighted by Crippen LogP contribution is -2.46. The van der Waals surface area contributed by atoms with Crippen molar-refractivity contribution in [2.24, 2.45) is 0 Å². The molecular weight excluding hydrogens is 360 g/mol. The summed E-state index contributed by atoms with van der Waals surface area (Å²) in [5.74, 6) is 0.0399. The van der Waals surface area contributed by atoms with E-state index in [-0.39, 0.29) is 25.3 Å². The maximum atomic E-state index is 12.6. The molecule has 8 nitrogen and oxygen atoms in total. The van der Waals surface area contributed by atoms with Crippen LogP contribution in [0.15, 0.2) is 29.1 Å². The molecule has 1 aliphatic rings. The largest absolute Gasteiger partial charge is 0.465 e. The van der Waals surface area contributed by atoms with Crippen molar-refractivity contribution in [2.75, 3.05) is 19.7 Å². The predicted molar refractivity (Wildman–Crippen MR) is 104 cm³/mol. The molecule has 0 atom stereocenters. The molecule has 1 aliphatic heterocycles. The number of benzene rings is 1. The standard InChI is InChI=1S/C20H24N4O4/c1-3-13-5-7-14(8-6-13)18-22-16-9-10-24(12-15(16)19(26)23-18)20(27)21-11-17(25)28-4-2/h5-8H,3-4,9-12H2,1-2H3,(H,21,27)(H,22,23,26). The predicted octanol–water partition coefficient (Wildman–Crippen LogP) is 1.63. The van der Waals surface area contributed by atoms with E-state index in [1.807, 2.05) is 24.3 Å². The van der Waals surface area contributed by atoms with Gasteiger partial charge in [-0.2, -0.15) is 0 Å². The van der Waals surface area contributed by atoms with Gasteiger partial charge >= 0.3 is 12.0 Å². The Morgan fingerprint density at radius 1 is 1.25 bits per heavy atom. The topological polar surface area (TPSA) is 104 Å². The first-order valence-corrected chi connectivity index (χ1v) is 9.41. The van der Waals surface area contributed by atoms with E-state index in [0.717, 1.165) is 12.0 Å². The average molecular weight is 384 g/mol. The van der Waals surface area contributed by atoms with Gasteiger partial charge < -0.3 is 19.9 Å². The minimum absolute atomic E-state index is 0.154. The number of hydrogen-bond donors (Lipinski definition) is 2. The first kappa shape index (κ1) is 19.6. The zero-order valence-corrected chi connectivity index (χ0v) is 16.1. The lowest BCUT2D eigenvalue weighted by Gasteiger charge is -2.27. The SMILES string of the molecule is CCOC(=O)CNC(=O)N1CCc2nc(-c3ccc(CC)cc3)[nH]c(=O)c2C1. The Bertz CT molecular complexity index is 921. The van der Waals surface area contributed by atoms with E-state index in [2.05, 4.69) is 22.2 Å². The van der Waals surface area contributed by atoms with Gasteiger partial charge in [0.25, 0.3) is 5.56 Å². The lowest BCUT2D eigenvalue weighted by molar-refractivity contribution is -0.141. The first-order valence-electron chi connectivity index (χ1n) is 9.41. The number of carbonyl (C=O) groups is 2. The van der Waals surface area contributed by atoms with Gasteiger partial charge in [-0.05, 0) is 18.9 Å². The monoisotopic (exact) mass is 384 g/mol. The van der Waals surface area contributed by atoms with E-state index < -0.39 is 12.0 Å². The van der Waals surface area contributed by atoms with Crippen molar-refractivity contribution < 1.29 is 14.3 Å². The van der Waals surface area contributed by atoms with Crippen molar-refractivity contribution in [3.8, 4) is 11.4 Å². The van der Waals surface area contributed by atoms with E-state index in [1.165, 1.54) is 10.5 Å². The summed E-state index contributed by atoms with van der Waals surface area (Å²) in [6.07, 6.45) is 1.43. The number of fused-ring (bicyclic) bond motifs is 1. The second-order valence-corrected chi connectivity index (χ2v) is 6.53. The molecule has 0 unspecified atom stereocenters. The second kappa shape index (κ2) is 8.69. The van der Waals surface area contributed by atoms with Crippen molar-refractivity contribution in [2.45, 2.75) is 33.2 Å². The van der Waals surface area contributed by atoms with Crippen LogP contribution >= 0.6 is 0 Å². The fraction of sp³-hybridized carbons (Fsp3) is 0.400. The Labute approximate surface area is 162 Å². The molecular formula is C20H24N4O4. The molecule has 0 bridgehead atoms. The molecule has 8 heteroatoms. The Morgan fingerprint density at radius 2 is 2.00 bits per heavy atom. The summed E-state index contributed by atoms with van der Waals surface area (Å²) in [5.41, 5.74) is 3.00. The summed E-state index contributed by atoms with van der Waals surface area (Å²) in [7, 11) is 0. The number of hydrogen-bond acceptors (Lipinski definition) is 5. The molecule has 2 amide bonds. The minimum atomic E-state index is -0.494. The van der Waals surface area contributed by atoms with Crippen LogP contribution < -0.4 is 10.9 Å². The smallest absolute Gasteiger partial charge is 0.325 e. The number of esters is 1. The summed E-state index contributed by atoms with van der Waals surface area (Å²) >= 11 is 0. The molecule has 148 valence electrons. The maximum Gasteiger partial charge on any atom is 0.325 e. The highest BCUT2D eigenvalue weighted by atomic mass is 16.5. The number of amides is 2. The Balaban J connectivity index is 1.72. The van der Waals surface area contributed by atoms with Gasteiger partial charge in [-0.25, -0.2) is 9.78 Å². The van der Waals surface area contributed by atoms with Crippen LogP contribution in [-0.2, 0) is 28.9 Å². The lowest BCUT2D eigenvalue weighted by atomic mass is 10.1. The normalized spacial score (nSPS) is 13.0. The number of rotatable bonds is 5. The summed E-state index contributed by atoms with van der Waals surface area (Å²) < 4.78 is 4.79. The number of aromatic nitrogens is 2. The van der Waals surface area contributed by atoms with Gasteiger partial charge in [0.15, 0.2) is 0 Å². The van der Waals surface area contributed by atoms with Crippen LogP contribution in [0.4, 0.5) is 4.79 Å². The molecule has 0 saturated carbocycles. The van der Waals surface area contributed by atoms with Crippen LogP contribution in [-0.4, -0.2) is 46.6 Å². The molecule has 0 spiro atoms. The zero-order valence-electron chi connectivity index (χ0n) is 16.1. The Kier molecular flexibility index (Phi) is 6.08. The van der Waals surface area contributed by atoms with E-state index in [9.17, 15) is 14.4 Å². The van der Waals surface area contributed by atoms with E-state index >= 15 is 0 Å². The Hall–Kier alpha value is -3.16. The fourth-order valence-corrected chi connectivity index (χ4v) is 3.11. The quantitative estimate of drug-likeness (QED) is 0.763. The number of nitrogens with zero attached hydrogens (tertiary/aromatic N) is 2.